The molecule has 3 nitrogen and oxygen atoms in total. The van der Waals surface area contributed by atoms with Crippen LogP contribution in [-0.2, 0) is 5.41 Å². The normalized spacial score (nSPS) is 11.8. The minimum absolute atomic E-state index is 0.00740. The Morgan fingerprint density at radius 1 is 1.22 bits per heavy atom. The van der Waals surface area contributed by atoms with E-state index >= 15 is 0 Å². The summed E-state index contributed by atoms with van der Waals surface area (Å²) in [5.41, 5.74) is 8.96. The average molecular weight is 243 g/mol. The van der Waals surface area contributed by atoms with E-state index in [1.54, 1.807) is 0 Å². The van der Waals surface area contributed by atoms with Gasteiger partial charge >= 0.3 is 0 Å². The summed E-state index contributed by atoms with van der Waals surface area (Å²) in [5, 5.41) is 0. The number of imidazole rings is 1. The minimum atomic E-state index is -0.00740. The van der Waals surface area contributed by atoms with Gasteiger partial charge in [-0.05, 0) is 19.9 Å². The molecule has 0 aliphatic heterocycles. The molecule has 1 aromatic heterocycles. The quantitative estimate of drug-likeness (QED) is 0.867. The van der Waals surface area contributed by atoms with Gasteiger partial charge in [-0.25, -0.2) is 4.98 Å². The maximum atomic E-state index is 5.67. The highest BCUT2D eigenvalue weighted by atomic mass is 15.0. The number of hydrogen-bond acceptors (Lipinski definition) is 2. The second-order valence-electron chi connectivity index (χ2n) is 5.35. The molecule has 0 amide bonds. The number of rotatable bonds is 4. The third kappa shape index (κ3) is 2.46. The zero-order valence-corrected chi connectivity index (χ0v) is 11.3. The maximum Gasteiger partial charge on any atom is 0.112 e. The van der Waals surface area contributed by atoms with Gasteiger partial charge in [0, 0.05) is 16.7 Å². The molecule has 2 rings (SSSR count). The van der Waals surface area contributed by atoms with E-state index in [0.29, 0.717) is 6.54 Å². The van der Waals surface area contributed by atoms with Gasteiger partial charge in [0.15, 0.2) is 0 Å². The maximum absolute atomic E-state index is 5.67. The molecule has 1 aromatic carbocycles. The van der Waals surface area contributed by atoms with E-state index in [-0.39, 0.29) is 5.41 Å². The number of nitrogens with two attached hydrogens (primary N) is 1. The van der Waals surface area contributed by atoms with Crippen LogP contribution in [0.15, 0.2) is 30.3 Å². The first kappa shape index (κ1) is 12.8. The molecule has 3 heteroatoms. The van der Waals surface area contributed by atoms with Crippen LogP contribution in [0.25, 0.3) is 11.3 Å². The lowest BCUT2D eigenvalue weighted by atomic mass is 9.88. The number of benzene rings is 1. The van der Waals surface area contributed by atoms with E-state index in [4.69, 9.17) is 10.7 Å². The number of nitrogens with zero attached hydrogens (tertiary/aromatic N) is 1. The van der Waals surface area contributed by atoms with Crippen molar-refractivity contribution in [1.29, 1.82) is 0 Å². The van der Waals surface area contributed by atoms with Crippen LogP contribution in [0.3, 0.4) is 0 Å². The minimum Gasteiger partial charge on any atom is -0.345 e. The van der Waals surface area contributed by atoms with Crippen LogP contribution in [0.2, 0.25) is 0 Å². The van der Waals surface area contributed by atoms with E-state index in [2.05, 4.69) is 37.9 Å². The summed E-state index contributed by atoms with van der Waals surface area (Å²) in [6, 6.07) is 10.3. The number of nitrogens with one attached hydrogen (secondary N) is 1. The first-order valence-corrected chi connectivity index (χ1v) is 6.37. The van der Waals surface area contributed by atoms with E-state index < -0.39 is 0 Å². The predicted octanol–water partition coefficient (Wildman–Crippen LogP) is 3.01. The van der Waals surface area contributed by atoms with Gasteiger partial charge in [0.1, 0.15) is 5.82 Å². The molecule has 0 aliphatic rings. The SMILES string of the molecule is Cc1[nH]c(C(C)(C)CCN)nc1-c1ccccc1. The van der Waals surface area contributed by atoms with Gasteiger partial charge < -0.3 is 10.7 Å². The zero-order valence-electron chi connectivity index (χ0n) is 11.3. The Kier molecular flexibility index (Phi) is 3.53. The first-order valence-electron chi connectivity index (χ1n) is 6.37. The molecule has 2 aromatic rings. The van der Waals surface area contributed by atoms with Gasteiger partial charge in [0.2, 0.25) is 0 Å². The molecule has 0 saturated carbocycles. The summed E-state index contributed by atoms with van der Waals surface area (Å²) in [6.45, 7) is 7.09. The van der Waals surface area contributed by atoms with Gasteiger partial charge in [-0.3, -0.25) is 0 Å². The zero-order chi connectivity index (χ0) is 13.2. The molecule has 0 radical (unpaired) electrons. The fraction of sp³-hybridized carbons (Fsp3) is 0.400. The van der Waals surface area contributed by atoms with Crippen LogP contribution in [0.4, 0.5) is 0 Å². The van der Waals surface area contributed by atoms with Crippen molar-refractivity contribution in [2.45, 2.75) is 32.6 Å². The summed E-state index contributed by atoms with van der Waals surface area (Å²) in [5.74, 6) is 1.02. The number of aromatic nitrogens is 2. The Morgan fingerprint density at radius 3 is 2.50 bits per heavy atom. The second kappa shape index (κ2) is 4.94. The number of hydrogen-bond donors (Lipinski definition) is 2. The highest BCUT2D eigenvalue weighted by Crippen LogP contribution is 2.28. The molecule has 0 atom stereocenters. The van der Waals surface area contributed by atoms with Crippen molar-refractivity contribution in [3.63, 3.8) is 0 Å². The van der Waals surface area contributed by atoms with Crippen molar-refractivity contribution in [3.8, 4) is 11.3 Å². The molecule has 18 heavy (non-hydrogen) atoms. The summed E-state index contributed by atoms with van der Waals surface area (Å²) in [7, 11) is 0. The fourth-order valence-electron chi connectivity index (χ4n) is 2.14. The lowest BCUT2D eigenvalue weighted by Gasteiger charge is -2.20. The molecule has 0 aliphatic carbocycles. The third-order valence-electron chi connectivity index (χ3n) is 3.34. The molecule has 0 fully saturated rings. The molecule has 3 N–H and O–H groups in total. The molecular formula is C15H21N3. The predicted molar refractivity (Wildman–Crippen MR) is 75.5 cm³/mol. The molecule has 1 heterocycles. The van der Waals surface area contributed by atoms with E-state index in [0.717, 1.165) is 29.2 Å². The third-order valence-corrected chi connectivity index (χ3v) is 3.34. The Bertz CT molecular complexity index is 512. The van der Waals surface area contributed by atoms with E-state index in [1.807, 2.05) is 18.2 Å². The summed E-state index contributed by atoms with van der Waals surface area (Å²) in [6.07, 6.45) is 0.925. The van der Waals surface area contributed by atoms with Crippen LogP contribution in [0, 0.1) is 6.92 Å². The van der Waals surface area contributed by atoms with Crippen molar-refractivity contribution in [2.75, 3.05) is 6.54 Å². The molecule has 96 valence electrons. The Labute approximate surface area is 108 Å². The van der Waals surface area contributed by atoms with E-state index in [9.17, 15) is 0 Å². The number of aryl methyl sites for hydroxylation is 1. The van der Waals surface area contributed by atoms with Crippen LogP contribution in [-0.4, -0.2) is 16.5 Å². The van der Waals surface area contributed by atoms with Crippen molar-refractivity contribution < 1.29 is 0 Å². The lowest BCUT2D eigenvalue weighted by molar-refractivity contribution is 0.461. The van der Waals surface area contributed by atoms with Crippen LogP contribution in [0.1, 0.15) is 31.8 Å². The molecule has 0 unspecified atom stereocenters. The van der Waals surface area contributed by atoms with Gasteiger partial charge in [-0.2, -0.15) is 0 Å². The largest absolute Gasteiger partial charge is 0.345 e. The van der Waals surface area contributed by atoms with Crippen molar-refractivity contribution in [1.82, 2.24) is 9.97 Å². The van der Waals surface area contributed by atoms with Crippen LogP contribution < -0.4 is 5.73 Å². The molecule has 0 saturated heterocycles. The van der Waals surface area contributed by atoms with Crippen molar-refractivity contribution >= 4 is 0 Å². The summed E-state index contributed by atoms with van der Waals surface area (Å²) < 4.78 is 0. The van der Waals surface area contributed by atoms with Crippen LogP contribution in [0.5, 0.6) is 0 Å². The van der Waals surface area contributed by atoms with Crippen molar-refractivity contribution in [3.05, 3.63) is 41.9 Å². The Balaban J connectivity index is 2.39. The van der Waals surface area contributed by atoms with Crippen LogP contribution >= 0.6 is 0 Å². The van der Waals surface area contributed by atoms with Gasteiger partial charge in [-0.15, -0.1) is 0 Å². The number of H-pyrrole nitrogens is 1. The smallest absolute Gasteiger partial charge is 0.112 e. The van der Waals surface area contributed by atoms with Gasteiger partial charge in [-0.1, -0.05) is 44.2 Å². The summed E-state index contributed by atoms with van der Waals surface area (Å²) >= 11 is 0. The average Bonchev–Trinajstić information content (AvgIpc) is 2.73. The highest BCUT2D eigenvalue weighted by molar-refractivity contribution is 5.61. The first-order chi connectivity index (χ1) is 8.54. The topological polar surface area (TPSA) is 54.7 Å². The fourth-order valence-corrected chi connectivity index (χ4v) is 2.14. The van der Waals surface area contributed by atoms with Gasteiger partial charge in [0.25, 0.3) is 0 Å². The standard InChI is InChI=1S/C15H21N3/c1-11-13(12-7-5-4-6-8-12)18-14(17-11)15(2,3)9-10-16/h4-8H,9-10,16H2,1-3H3,(H,17,18). The number of aromatic amines is 1. The Hall–Kier alpha value is -1.61. The molecule has 0 bridgehead atoms. The van der Waals surface area contributed by atoms with E-state index in [1.165, 1.54) is 0 Å². The summed E-state index contributed by atoms with van der Waals surface area (Å²) in [4.78, 5) is 8.16. The monoisotopic (exact) mass is 243 g/mol. The highest BCUT2D eigenvalue weighted by Gasteiger charge is 2.24. The second-order valence-corrected chi connectivity index (χ2v) is 5.35. The molecular weight excluding hydrogens is 222 g/mol. The van der Waals surface area contributed by atoms with Crippen molar-refractivity contribution in [2.24, 2.45) is 5.73 Å². The Morgan fingerprint density at radius 2 is 1.89 bits per heavy atom. The lowest BCUT2D eigenvalue weighted by Crippen LogP contribution is -2.23. The van der Waals surface area contributed by atoms with Gasteiger partial charge in [0.05, 0.1) is 5.69 Å². The molecule has 0 spiro atoms.